The number of phenols is 1. The molecule has 4 heteroatoms. The molecule has 0 radical (unpaired) electrons. The molecule has 4 nitrogen and oxygen atoms in total. The lowest BCUT2D eigenvalue weighted by Gasteiger charge is -2.25. The van der Waals surface area contributed by atoms with E-state index >= 15 is 0 Å². The molecule has 0 bridgehead atoms. The van der Waals surface area contributed by atoms with Gasteiger partial charge >= 0.3 is 0 Å². The third kappa shape index (κ3) is 1.88. The van der Waals surface area contributed by atoms with Gasteiger partial charge in [0.1, 0.15) is 17.6 Å². The van der Waals surface area contributed by atoms with E-state index in [1.165, 1.54) is 0 Å². The summed E-state index contributed by atoms with van der Waals surface area (Å²) < 4.78 is 5.79. The number of rotatable bonds is 2. The zero-order valence-corrected chi connectivity index (χ0v) is 9.38. The van der Waals surface area contributed by atoms with Crippen LogP contribution in [0.5, 0.6) is 5.75 Å². The second-order valence-electron chi connectivity index (χ2n) is 4.40. The fraction of sp³-hybridized carbons (Fsp3) is 0.417. The van der Waals surface area contributed by atoms with E-state index in [1.807, 2.05) is 26.0 Å². The molecule has 1 heterocycles. The first-order valence-corrected chi connectivity index (χ1v) is 5.22. The van der Waals surface area contributed by atoms with Gasteiger partial charge in [-0.1, -0.05) is 12.1 Å². The molecular formula is C12H15NO3. The summed E-state index contributed by atoms with van der Waals surface area (Å²) in [4.78, 5) is 12.5. The van der Waals surface area contributed by atoms with E-state index in [9.17, 15) is 9.90 Å². The maximum absolute atomic E-state index is 10.9. The lowest BCUT2D eigenvalue weighted by Crippen LogP contribution is -2.37. The number of hydrogen-bond donors (Lipinski definition) is 1. The molecule has 0 spiro atoms. The van der Waals surface area contributed by atoms with E-state index in [4.69, 9.17) is 4.74 Å². The smallest absolute Gasteiger partial charge is 0.212 e. The average Bonchev–Trinajstić information content (AvgIpc) is 2.54. The van der Waals surface area contributed by atoms with E-state index in [0.29, 0.717) is 6.54 Å². The molecule has 1 aromatic rings. The van der Waals surface area contributed by atoms with E-state index in [1.54, 1.807) is 17.0 Å². The molecule has 1 aliphatic rings. The molecule has 1 saturated heterocycles. The summed E-state index contributed by atoms with van der Waals surface area (Å²) in [5.41, 5.74) is 0.403. The average molecular weight is 221 g/mol. The van der Waals surface area contributed by atoms with E-state index in [2.05, 4.69) is 0 Å². The quantitative estimate of drug-likeness (QED) is 0.773. The summed E-state index contributed by atoms with van der Waals surface area (Å²) in [5, 5.41) is 9.19. The maximum atomic E-state index is 10.9. The molecule has 0 saturated carbocycles. The Kier molecular flexibility index (Phi) is 2.59. The molecule has 1 aromatic carbocycles. The predicted octanol–water partition coefficient (Wildman–Crippen LogP) is 1.66. The Morgan fingerprint density at radius 1 is 1.44 bits per heavy atom. The molecule has 1 aliphatic heterocycles. The Bertz CT molecular complexity index is 386. The molecule has 0 aliphatic carbocycles. The molecule has 16 heavy (non-hydrogen) atoms. The van der Waals surface area contributed by atoms with Crippen LogP contribution in [0.2, 0.25) is 0 Å². The van der Waals surface area contributed by atoms with E-state index in [-0.39, 0.29) is 11.9 Å². The Morgan fingerprint density at radius 3 is 2.56 bits per heavy atom. The van der Waals surface area contributed by atoms with Crippen LogP contribution in [0.4, 0.5) is 0 Å². The molecule has 86 valence electrons. The van der Waals surface area contributed by atoms with Gasteiger partial charge in [0, 0.05) is 0 Å². The SMILES string of the molecule is CC1(C)OC(c2ccc(O)cc2)CN1C=O. The summed E-state index contributed by atoms with van der Waals surface area (Å²) in [6.45, 7) is 4.27. The van der Waals surface area contributed by atoms with Crippen LogP contribution >= 0.6 is 0 Å². The molecule has 1 atom stereocenters. The third-order valence-corrected chi connectivity index (χ3v) is 2.88. The number of nitrogens with zero attached hydrogens (tertiary/aromatic N) is 1. The Morgan fingerprint density at radius 2 is 2.06 bits per heavy atom. The second-order valence-corrected chi connectivity index (χ2v) is 4.40. The molecule has 2 rings (SSSR count). The molecule has 1 fully saturated rings. The van der Waals surface area contributed by atoms with Gasteiger partial charge in [-0.05, 0) is 31.5 Å². The molecule has 1 unspecified atom stereocenters. The number of amides is 1. The number of ether oxygens (including phenoxy) is 1. The van der Waals surface area contributed by atoms with Crippen molar-refractivity contribution in [3.05, 3.63) is 29.8 Å². The van der Waals surface area contributed by atoms with Crippen LogP contribution < -0.4 is 0 Å². The molecule has 0 aromatic heterocycles. The van der Waals surface area contributed by atoms with Crippen LogP contribution in [-0.4, -0.2) is 28.7 Å². The van der Waals surface area contributed by atoms with Gasteiger partial charge in [0.15, 0.2) is 0 Å². The summed E-state index contributed by atoms with van der Waals surface area (Å²) in [5.74, 6) is 0.230. The van der Waals surface area contributed by atoms with Crippen LogP contribution in [0.1, 0.15) is 25.5 Å². The minimum absolute atomic E-state index is 0.124. The Labute approximate surface area is 94.4 Å². The van der Waals surface area contributed by atoms with Gasteiger partial charge in [-0.2, -0.15) is 0 Å². The summed E-state index contributed by atoms with van der Waals surface area (Å²) in [7, 11) is 0. The van der Waals surface area contributed by atoms with Gasteiger partial charge in [0.05, 0.1) is 6.54 Å². The fourth-order valence-electron chi connectivity index (χ4n) is 1.88. The van der Waals surface area contributed by atoms with Crippen LogP contribution in [0.3, 0.4) is 0 Å². The van der Waals surface area contributed by atoms with Crippen LogP contribution in [0.25, 0.3) is 0 Å². The maximum Gasteiger partial charge on any atom is 0.212 e. The normalized spacial score (nSPS) is 23.4. The topological polar surface area (TPSA) is 49.8 Å². The van der Waals surface area contributed by atoms with Crippen LogP contribution in [0, 0.1) is 0 Å². The van der Waals surface area contributed by atoms with Gasteiger partial charge in [0.2, 0.25) is 6.41 Å². The highest BCUT2D eigenvalue weighted by Gasteiger charge is 2.39. The van der Waals surface area contributed by atoms with Crippen molar-refractivity contribution in [2.45, 2.75) is 25.7 Å². The largest absolute Gasteiger partial charge is 0.508 e. The second kappa shape index (κ2) is 3.79. The predicted molar refractivity (Wildman–Crippen MR) is 58.8 cm³/mol. The highest BCUT2D eigenvalue weighted by molar-refractivity contribution is 5.49. The summed E-state index contributed by atoms with van der Waals surface area (Å²) in [6.07, 6.45) is 0.682. The first-order chi connectivity index (χ1) is 7.53. The fourth-order valence-corrected chi connectivity index (χ4v) is 1.88. The molecule has 1 N–H and O–H groups in total. The standard InChI is InChI=1S/C12H15NO3/c1-12(2)13(8-14)7-11(16-12)9-3-5-10(15)6-4-9/h3-6,8,11,15H,7H2,1-2H3. The minimum Gasteiger partial charge on any atom is -0.508 e. The van der Waals surface area contributed by atoms with E-state index < -0.39 is 5.72 Å². The van der Waals surface area contributed by atoms with Crippen LogP contribution in [-0.2, 0) is 9.53 Å². The van der Waals surface area contributed by atoms with Gasteiger partial charge in [-0.15, -0.1) is 0 Å². The number of benzene rings is 1. The number of hydrogen-bond acceptors (Lipinski definition) is 3. The highest BCUT2D eigenvalue weighted by Crippen LogP contribution is 2.34. The van der Waals surface area contributed by atoms with Gasteiger partial charge in [0.25, 0.3) is 0 Å². The van der Waals surface area contributed by atoms with Crippen molar-refractivity contribution in [3.8, 4) is 5.75 Å². The first kappa shape index (κ1) is 11.0. The van der Waals surface area contributed by atoms with Crippen molar-refractivity contribution < 1.29 is 14.6 Å². The Balaban J connectivity index is 2.19. The lowest BCUT2D eigenvalue weighted by atomic mass is 10.1. The lowest BCUT2D eigenvalue weighted by molar-refractivity contribution is -0.132. The molecular weight excluding hydrogens is 206 g/mol. The minimum atomic E-state index is -0.565. The Hall–Kier alpha value is -1.55. The van der Waals surface area contributed by atoms with Crippen molar-refractivity contribution in [2.24, 2.45) is 0 Å². The van der Waals surface area contributed by atoms with Gasteiger partial charge in [-0.25, -0.2) is 0 Å². The number of carbonyl (C=O) groups is 1. The van der Waals surface area contributed by atoms with Crippen molar-refractivity contribution in [3.63, 3.8) is 0 Å². The summed E-state index contributed by atoms with van der Waals surface area (Å²) >= 11 is 0. The van der Waals surface area contributed by atoms with Crippen molar-refractivity contribution in [2.75, 3.05) is 6.54 Å². The van der Waals surface area contributed by atoms with Crippen molar-refractivity contribution >= 4 is 6.41 Å². The monoisotopic (exact) mass is 221 g/mol. The number of phenolic OH excluding ortho intramolecular Hbond substituents is 1. The zero-order valence-electron chi connectivity index (χ0n) is 9.38. The summed E-state index contributed by atoms with van der Waals surface area (Å²) in [6, 6.07) is 6.86. The van der Waals surface area contributed by atoms with Gasteiger partial charge in [-0.3, -0.25) is 4.79 Å². The number of aromatic hydroxyl groups is 1. The highest BCUT2D eigenvalue weighted by atomic mass is 16.5. The first-order valence-electron chi connectivity index (χ1n) is 5.22. The zero-order chi connectivity index (χ0) is 11.8. The molecule has 1 amide bonds. The van der Waals surface area contributed by atoms with Crippen LogP contribution in [0.15, 0.2) is 24.3 Å². The van der Waals surface area contributed by atoms with Gasteiger partial charge < -0.3 is 14.7 Å². The van der Waals surface area contributed by atoms with Crippen molar-refractivity contribution in [1.29, 1.82) is 0 Å². The van der Waals surface area contributed by atoms with E-state index in [0.717, 1.165) is 12.0 Å². The number of carbonyl (C=O) groups excluding carboxylic acids is 1. The third-order valence-electron chi connectivity index (χ3n) is 2.88. The van der Waals surface area contributed by atoms with Crippen molar-refractivity contribution in [1.82, 2.24) is 4.90 Å².